The molecule has 1 aliphatic rings. The van der Waals surface area contributed by atoms with Gasteiger partial charge in [-0.25, -0.2) is 0 Å². The molecular weight excluding hydrogens is 268 g/mol. The minimum Gasteiger partial charge on any atom is -0.393 e. The lowest BCUT2D eigenvalue weighted by Crippen LogP contribution is -2.30. The number of hydrogen-bond acceptors (Lipinski definition) is 4. The van der Waals surface area contributed by atoms with Crippen LogP contribution in [-0.2, 0) is 0 Å². The number of nitrogens with zero attached hydrogens (tertiary/aromatic N) is 1. The Morgan fingerprint density at radius 2 is 2.21 bits per heavy atom. The number of non-ortho nitro benzene ring substituents is 1. The van der Waals surface area contributed by atoms with Crippen LogP contribution in [0.4, 0.5) is 11.4 Å². The van der Waals surface area contributed by atoms with Gasteiger partial charge in [0.15, 0.2) is 0 Å². The number of aliphatic hydroxyl groups is 1. The van der Waals surface area contributed by atoms with Gasteiger partial charge in [-0.1, -0.05) is 11.6 Å². The minimum absolute atomic E-state index is 0.00303. The molecule has 1 saturated carbocycles. The fraction of sp³-hybridized carbons (Fsp3) is 0.538. The summed E-state index contributed by atoms with van der Waals surface area (Å²) < 4.78 is 0. The Hall–Kier alpha value is -1.33. The predicted molar refractivity (Wildman–Crippen MR) is 74.7 cm³/mol. The third-order valence-electron chi connectivity index (χ3n) is 3.48. The Bertz CT molecular complexity index is 470. The smallest absolute Gasteiger partial charge is 0.271 e. The third kappa shape index (κ3) is 3.36. The second kappa shape index (κ2) is 5.75. The van der Waals surface area contributed by atoms with Gasteiger partial charge < -0.3 is 10.4 Å². The van der Waals surface area contributed by atoms with Gasteiger partial charge in [0.2, 0.25) is 0 Å². The normalized spacial score (nSPS) is 23.1. The summed E-state index contributed by atoms with van der Waals surface area (Å²) in [6.45, 7) is 1.79. The number of aliphatic hydroxyl groups excluding tert-OH is 1. The molecule has 2 atom stereocenters. The molecule has 5 nitrogen and oxygen atoms in total. The van der Waals surface area contributed by atoms with Crippen LogP contribution < -0.4 is 5.32 Å². The Kier molecular flexibility index (Phi) is 4.27. The fourth-order valence-electron chi connectivity index (χ4n) is 2.51. The topological polar surface area (TPSA) is 75.4 Å². The highest BCUT2D eigenvalue weighted by Crippen LogP contribution is 2.33. The molecule has 2 N–H and O–H groups in total. The van der Waals surface area contributed by atoms with Crippen molar-refractivity contribution >= 4 is 23.0 Å². The van der Waals surface area contributed by atoms with E-state index in [4.69, 9.17) is 11.6 Å². The maximum Gasteiger partial charge on any atom is 0.271 e. The highest BCUT2D eigenvalue weighted by atomic mass is 35.5. The van der Waals surface area contributed by atoms with Crippen molar-refractivity contribution in [3.63, 3.8) is 0 Å². The summed E-state index contributed by atoms with van der Waals surface area (Å²) in [5.74, 6) is 0. The summed E-state index contributed by atoms with van der Waals surface area (Å²) >= 11 is 6.10. The van der Waals surface area contributed by atoms with E-state index in [1.807, 2.05) is 0 Å². The molecule has 1 fully saturated rings. The van der Waals surface area contributed by atoms with Crippen molar-refractivity contribution in [2.75, 3.05) is 5.32 Å². The van der Waals surface area contributed by atoms with Crippen LogP contribution in [0, 0.1) is 17.0 Å². The highest BCUT2D eigenvalue weighted by Gasteiger charge is 2.22. The van der Waals surface area contributed by atoms with Crippen LogP contribution in [0.5, 0.6) is 0 Å². The molecule has 0 amide bonds. The average molecular weight is 285 g/mol. The van der Waals surface area contributed by atoms with Gasteiger partial charge in [0.1, 0.15) is 0 Å². The lowest BCUT2D eigenvalue weighted by Gasteiger charge is -2.28. The lowest BCUT2D eigenvalue weighted by atomic mass is 9.92. The summed E-state index contributed by atoms with van der Waals surface area (Å²) in [6.07, 6.45) is 3.20. The quantitative estimate of drug-likeness (QED) is 0.660. The van der Waals surface area contributed by atoms with Crippen molar-refractivity contribution in [3.05, 3.63) is 32.8 Å². The van der Waals surface area contributed by atoms with Crippen molar-refractivity contribution < 1.29 is 10.0 Å². The molecule has 0 radical (unpaired) electrons. The first-order valence-electron chi connectivity index (χ1n) is 6.36. The van der Waals surface area contributed by atoms with Crippen LogP contribution >= 0.6 is 11.6 Å². The SMILES string of the molecule is Cc1cc([N+](=O)[O-])cc(Cl)c1NC1CCCC(O)C1. The van der Waals surface area contributed by atoms with Crippen molar-refractivity contribution in [1.82, 2.24) is 0 Å². The number of halogens is 1. The molecule has 0 spiro atoms. The van der Waals surface area contributed by atoms with Crippen LogP contribution in [0.25, 0.3) is 0 Å². The predicted octanol–water partition coefficient (Wildman–Crippen LogP) is 3.27. The number of aryl methyl sites for hydroxylation is 1. The molecule has 0 aliphatic heterocycles. The highest BCUT2D eigenvalue weighted by molar-refractivity contribution is 6.33. The van der Waals surface area contributed by atoms with Gasteiger partial charge >= 0.3 is 0 Å². The summed E-state index contributed by atoms with van der Waals surface area (Å²) in [5.41, 5.74) is 1.47. The molecule has 6 heteroatoms. The zero-order chi connectivity index (χ0) is 14.0. The van der Waals surface area contributed by atoms with Crippen LogP contribution in [0.3, 0.4) is 0 Å². The number of nitro groups is 1. The van der Waals surface area contributed by atoms with Crippen molar-refractivity contribution in [1.29, 1.82) is 0 Å². The van der Waals surface area contributed by atoms with Gasteiger partial charge in [0, 0.05) is 18.2 Å². The van der Waals surface area contributed by atoms with Gasteiger partial charge in [-0.3, -0.25) is 10.1 Å². The van der Waals surface area contributed by atoms with Gasteiger partial charge in [-0.15, -0.1) is 0 Å². The maximum atomic E-state index is 10.7. The molecule has 1 aromatic carbocycles. The van der Waals surface area contributed by atoms with Gasteiger partial charge in [0.25, 0.3) is 5.69 Å². The maximum absolute atomic E-state index is 10.7. The van der Waals surface area contributed by atoms with E-state index in [1.54, 1.807) is 6.92 Å². The van der Waals surface area contributed by atoms with E-state index in [1.165, 1.54) is 12.1 Å². The third-order valence-corrected chi connectivity index (χ3v) is 3.78. The first kappa shape index (κ1) is 14.1. The van der Waals surface area contributed by atoms with Gasteiger partial charge in [0.05, 0.1) is 21.7 Å². The Morgan fingerprint density at radius 1 is 1.47 bits per heavy atom. The molecule has 19 heavy (non-hydrogen) atoms. The minimum atomic E-state index is -0.451. The lowest BCUT2D eigenvalue weighted by molar-refractivity contribution is -0.384. The van der Waals surface area contributed by atoms with Crippen LogP contribution in [0.2, 0.25) is 5.02 Å². The monoisotopic (exact) mass is 284 g/mol. The number of nitrogens with one attached hydrogen (secondary N) is 1. The molecule has 2 rings (SSSR count). The molecule has 0 aromatic heterocycles. The summed E-state index contributed by atoms with van der Waals surface area (Å²) in [4.78, 5) is 10.3. The van der Waals surface area contributed by atoms with E-state index in [2.05, 4.69) is 5.32 Å². The number of nitro benzene ring substituents is 1. The average Bonchev–Trinajstić information content (AvgIpc) is 2.33. The Labute approximate surface area is 116 Å². The van der Waals surface area contributed by atoms with Gasteiger partial charge in [-0.05, 0) is 38.2 Å². The van der Waals surface area contributed by atoms with Crippen molar-refractivity contribution in [2.45, 2.75) is 44.8 Å². The molecular formula is C13H17ClN2O3. The molecule has 2 unspecified atom stereocenters. The second-order valence-electron chi connectivity index (χ2n) is 5.04. The summed E-state index contributed by atoms with van der Waals surface area (Å²) in [5, 5.41) is 24.0. The van der Waals surface area contributed by atoms with Crippen molar-refractivity contribution in [2.24, 2.45) is 0 Å². The molecule has 0 heterocycles. The second-order valence-corrected chi connectivity index (χ2v) is 5.45. The standard InChI is InChI=1S/C13H17ClN2O3/c1-8-5-10(16(18)19)7-12(14)13(8)15-9-3-2-4-11(17)6-9/h5,7,9,11,15,17H,2-4,6H2,1H3. The first-order chi connectivity index (χ1) is 8.97. The molecule has 0 bridgehead atoms. The molecule has 104 valence electrons. The van der Waals surface area contributed by atoms with Gasteiger partial charge in [-0.2, -0.15) is 0 Å². The Balaban J connectivity index is 2.18. The van der Waals surface area contributed by atoms with E-state index < -0.39 is 4.92 Å². The summed E-state index contributed by atoms with van der Waals surface area (Å²) in [6, 6.07) is 3.03. The fourth-order valence-corrected chi connectivity index (χ4v) is 2.83. The van der Waals surface area contributed by atoms with Crippen LogP contribution in [-0.4, -0.2) is 22.2 Å². The molecule has 1 aromatic rings. The number of anilines is 1. The summed E-state index contributed by atoms with van der Waals surface area (Å²) in [7, 11) is 0. The zero-order valence-electron chi connectivity index (χ0n) is 10.7. The first-order valence-corrected chi connectivity index (χ1v) is 6.74. The van der Waals surface area contributed by atoms with E-state index in [0.29, 0.717) is 11.4 Å². The van der Waals surface area contributed by atoms with E-state index in [0.717, 1.165) is 30.5 Å². The zero-order valence-corrected chi connectivity index (χ0v) is 11.5. The number of hydrogen-bond donors (Lipinski definition) is 2. The largest absolute Gasteiger partial charge is 0.393 e. The molecule has 0 saturated heterocycles. The van der Waals surface area contributed by atoms with E-state index in [9.17, 15) is 15.2 Å². The van der Waals surface area contributed by atoms with Crippen molar-refractivity contribution in [3.8, 4) is 0 Å². The number of rotatable bonds is 3. The van der Waals surface area contributed by atoms with Crippen LogP contribution in [0.15, 0.2) is 12.1 Å². The molecule has 1 aliphatic carbocycles. The van der Waals surface area contributed by atoms with E-state index in [-0.39, 0.29) is 17.8 Å². The Morgan fingerprint density at radius 3 is 2.79 bits per heavy atom. The van der Waals surface area contributed by atoms with Crippen LogP contribution in [0.1, 0.15) is 31.2 Å². The van der Waals surface area contributed by atoms with E-state index >= 15 is 0 Å². The number of benzene rings is 1.